The smallest absolute Gasteiger partial charge is 0.258 e. The van der Waals surface area contributed by atoms with Gasteiger partial charge < -0.3 is 0 Å². The summed E-state index contributed by atoms with van der Waals surface area (Å²) in [5.41, 5.74) is -1.83. The number of aryl methyl sites for hydroxylation is 1. The number of halogens is 3. The first-order valence-corrected chi connectivity index (χ1v) is 8.29. The Morgan fingerprint density at radius 3 is 2.56 bits per heavy atom. The van der Waals surface area contributed by atoms with Crippen molar-refractivity contribution >= 4 is 27.1 Å². The Bertz CT molecular complexity index is 1020. The number of sulfone groups is 1. The van der Waals surface area contributed by atoms with E-state index in [4.69, 9.17) is 11.6 Å². The predicted molar refractivity (Wildman–Crippen MR) is 80.3 cm³/mol. The Balaban J connectivity index is 2.80. The molecule has 130 valence electrons. The minimum Gasteiger partial charge on any atom is -0.258 e. The molecule has 0 amide bonds. The van der Waals surface area contributed by atoms with Gasteiger partial charge in [-0.1, -0.05) is 17.7 Å². The summed E-state index contributed by atoms with van der Waals surface area (Å²) in [6.07, 6.45) is 0. The van der Waals surface area contributed by atoms with E-state index >= 15 is 0 Å². The molecule has 25 heavy (non-hydrogen) atoms. The summed E-state index contributed by atoms with van der Waals surface area (Å²) in [4.78, 5) is 16.1. The van der Waals surface area contributed by atoms with Gasteiger partial charge in [-0.05, 0) is 19.1 Å². The highest BCUT2D eigenvalue weighted by atomic mass is 35.5. The van der Waals surface area contributed by atoms with E-state index in [1.807, 2.05) is 0 Å². The molecule has 0 bridgehead atoms. The second-order valence-corrected chi connectivity index (χ2v) is 7.02. The summed E-state index contributed by atoms with van der Waals surface area (Å²) in [6.45, 7) is 1.27. The van der Waals surface area contributed by atoms with Crippen LogP contribution < -0.4 is 0 Å². The van der Waals surface area contributed by atoms with Crippen molar-refractivity contribution in [2.45, 2.75) is 17.1 Å². The van der Waals surface area contributed by atoms with Gasteiger partial charge in [0.05, 0.1) is 11.0 Å². The van der Waals surface area contributed by atoms with Crippen LogP contribution in [0.15, 0.2) is 23.1 Å². The number of nitriles is 1. The van der Waals surface area contributed by atoms with Crippen molar-refractivity contribution in [2.24, 2.45) is 0 Å². The van der Waals surface area contributed by atoms with Crippen LogP contribution in [0.3, 0.4) is 0 Å². The molecule has 1 aromatic heterocycles. The lowest BCUT2D eigenvalue weighted by molar-refractivity contribution is -0.386. The van der Waals surface area contributed by atoms with E-state index in [0.717, 1.165) is 12.1 Å². The van der Waals surface area contributed by atoms with Gasteiger partial charge in [0.2, 0.25) is 20.2 Å². The number of hydrogen-bond acceptors (Lipinski definition) is 7. The van der Waals surface area contributed by atoms with E-state index < -0.39 is 53.1 Å². The second-order valence-electron chi connectivity index (χ2n) is 4.66. The molecule has 12 heteroatoms. The molecule has 0 aliphatic rings. The Kier molecular flexibility index (Phi) is 4.96. The van der Waals surface area contributed by atoms with Crippen molar-refractivity contribution in [3.8, 4) is 6.07 Å². The molecule has 0 radical (unpaired) electrons. The van der Waals surface area contributed by atoms with Crippen molar-refractivity contribution in [3.05, 3.63) is 56.6 Å². The number of rotatable bonds is 4. The SMILES string of the molecule is Cc1nc(Cl)c([N+](=O)[O-])c(C(C#N)S(=O)(=O)c2cccc(F)c2F)n1. The van der Waals surface area contributed by atoms with Crippen LogP contribution in [0.25, 0.3) is 0 Å². The Morgan fingerprint density at radius 1 is 1.36 bits per heavy atom. The Morgan fingerprint density at radius 2 is 2.00 bits per heavy atom. The largest absolute Gasteiger partial charge is 0.330 e. The first-order chi connectivity index (χ1) is 11.6. The highest BCUT2D eigenvalue weighted by molar-refractivity contribution is 7.92. The van der Waals surface area contributed by atoms with Crippen LogP contribution in [0.1, 0.15) is 16.8 Å². The minimum atomic E-state index is -4.88. The van der Waals surface area contributed by atoms with Crippen LogP contribution in [-0.2, 0) is 9.84 Å². The van der Waals surface area contributed by atoms with Crippen molar-refractivity contribution in [3.63, 3.8) is 0 Å². The first-order valence-electron chi connectivity index (χ1n) is 6.37. The molecule has 1 aromatic carbocycles. The molecule has 0 spiro atoms. The molecule has 0 saturated carbocycles. The third kappa shape index (κ3) is 3.26. The third-order valence-corrected chi connectivity index (χ3v) is 5.20. The maximum Gasteiger partial charge on any atom is 0.330 e. The summed E-state index contributed by atoms with van der Waals surface area (Å²) in [7, 11) is -4.88. The maximum atomic E-state index is 13.9. The number of hydrogen-bond donors (Lipinski definition) is 0. The van der Waals surface area contributed by atoms with Gasteiger partial charge in [-0.3, -0.25) is 10.1 Å². The van der Waals surface area contributed by atoms with E-state index in [9.17, 15) is 32.6 Å². The average molecular weight is 389 g/mol. The van der Waals surface area contributed by atoms with Crippen LogP contribution in [0.4, 0.5) is 14.5 Å². The van der Waals surface area contributed by atoms with Crippen LogP contribution in [-0.4, -0.2) is 23.3 Å². The average Bonchev–Trinajstić information content (AvgIpc) is 2.49. The molecule has 1 heterocycles. The quantitative estimate of drug-likeness (QED) is 0.447. The third-order valence-electron chi connectivity index (χ3n) is 3.06. The zero-order valence-electron chi connectivity index (χ0n) is 12.3. The Labute approximate surface area is 144 Å². The van der Waals surface area contributed by atoms with Crippen molar-refractivity contribution in [1.82, 2.24) is 9.97 Å². The van der Waals surface area contributed by atoms with Gasteiger partial charge in [-0.15, -0.1) is 0 Å². The van der Waals surface area contributed by atoms with Crippen molar-refractivity contribution < 1.29 is 22.1 Å². The lowest BCUT2D eigenvalue weighted by Gasteiger charge is -2.12. The van der Waals surface area contributed by atoms with Gasteiger partial charge in [-0.25, -0.2) is 27.2 Å². The standard InChI is InChI=1S/C13H7ClF2N4O4S/c1-6-18-11(12(20(21)22)13(14)19-6)9(5-17)25(23,24)8-4-2-3-7(15)10(8)16/h2-4,9H,1H3. The summed E-state index contributed by atoms with van der Waals surface area (Å²) >= 11 is 5.65. The Hall–Kier alpha value is -2.71. The zero-order valence-corrected chi connectivity index (χ0v) is 13.8. The fraction of sp³-hybridized carbons (Fsp3) is 0.154. The summed E-state index contributed by atoms with van der Waals surface area (Å²) < 4.78 is 52.4. The number of nitrogens with zero attached hydrogens (tertiary/aromatic N) is 4. The molecular weight excluding hydrogens is 382 g/mol. The van der Waals surface area contributed by atoms with E-state index in [1.54, 1.807) is 0 Å². The highest BCUT2D eigenvalue weighted by Crippen LogP contribution is 2.36. The second kappa shape index (κ2) is 6.66. The van der Waals surface area contributed by atoms with Crippen molar-refractivity contribution in [1.29, 1.82) is 5.26 Å². The predicted octanol–water partition coefficient (Wildman–Crippen LogP) is 2.66. The van der Waals surface area contributed by atoms with Gasteiger partial charge in [0.15, 0.2) is 17.3 Å². The van der Waals surface area contributed by atoms with Crippen LogP contribution in [0.5, 0.6) is 0 Å². The van der Waals surface area contributed by atoms with Crippen LogP contribution in [0.2, 0.25) is 5.15 Å². The molecule has 0 fully saturated rings. The molecule has 0 aliphatic heterocycles. The fourth-order valence-corrected chi connectivity index (χ4v) is 3.77. The molecule has 2 aromatic rings. The number of nitro groups is 1. The van der Waals surface area contributed by atoms with Gasteiger partial charge in [0.1, 0.15) is 10.7 Å². The summed E-state index contributed by atoms with van der Waals surface area (Å²) in [5, 5.41) is 17.4. The normalized spacial score (nSPS) is 12.4. The van der Waals surface area contributed by atoms with Crippen molar-refractivity contribution in [2.75, 3.05) is 0 Å². The van der Waals surface area contributed by atoms with E-state index in [1.165, 1.54) is 13.0 Å². The maximum absolute atomic E-state index is 13.9. The number of benzene rings is 1. The number of aromatic nitrogens is 2. The zero-order chi connectivity index (χ0) is 18.9. The van der Waals surface area contributed by atoms with E-state index in [2.05, 4.69) is 9.97 Å². The molecule has 0 N–H and O–H groups in total. The topological polar surface area (TPSA) is 127 Å². The minimum absolute atomic E-state index is 0.138. The molecule has 1 atom stereocenters. The first kappa shape index (κ1) is 18.6. The van der Waals surface area contributed by atoms with Crippen LogP contribution >= 0.6 is 11.6 Å². The van der Waals surface area contributed by atoms with E-state index in [-0.39, 0.29) is 5.82 Å². The summed E-state index contributed by atoms with van der Waals surface area (Å²) in [6, 6.07) is 3.67. The van der Waals surface area contributed by atoms with Gasteiger partial charge in [-0.2, -0.15) is 5.26 Å². The van der Waals surface area contributed by atoms with Gasteiger partial charge in [0, 0.05) is 0 Å². The highest BCUT2D eigenvalue weighted by Gasteiger charge is 2.40. The fourth-order valence-electron chi connectivity index (χ4n) is 2.01. The summed E-state index contributed by atoms with van der Waals surface area (Å²) in [5.74, 6) is -3.30. The van der Waals surface area contributed by atoms with Gasteiger partial charge >= 0.3 is 5.69 Å². The molecule has 0 aliphatic carbocycles. The monoisotopic (exact) mass is 388 g/mol. The van der Waals surface area contributed by atoms with E-state index in [0.29, 0.717) is 6.07 Å². The molecular formula is C13H7ClF2N4O4S. The van der Waals surface area contributed by atoms with Gasteiger partial charge in [0.25, 0.3) is 0 Å². The molecule has 0 saturated heterocycles. The molecule has 2 rings (SSSR count). The lowest BCUT2D eigenvalue weighted by atomic mass is 10.2. The lowest BCUT2D eigenvalue weighted by Crippen LogP contribution is -2.18. The molecule has 8 nitrogen and oxygen atoms in total. The van der Waals surface area contributed by atoms with Crippen LogP contribution in [0, 0.1) is 40.0 Å². The molecule has 1 unspecified atom stereocenters.